The Bertz CT molecular complexity index is 546. The molecule has 2 aromatic rings. The molecule has 0 saturated carbocycles. The van der Waals surface area contributed by atoms with Crippen LogP contribution in [0.25, 0.3) is 0 Å². The second-order valence-corrected chi connectivity index (χ2v) is 4.37. The van der Waals surface area contributed by atoms with Crippen LogP contribution in [0, 0.1) is 11.3 Å². The van der Waals surface area contributed by atoms with Gasteiger partial charge in [0.25, 0.3) is 0 Å². The first kappa shape index (κ1) is 11.5. The zero-order valence-corrected chi connectivity index (χ0v) is 10.1. The Morgan fingerprint density at radius 3 is 2.82 bits per heavy atom. The van der Waals surface area contributed by atoms with Gasteiger partial charge in [-0.05, 0) is 30.3 Å². The highest BCUT2D eigenvalue weighted by Crippen LogP contribution is 2.28. The lowest BCUT2D eigenvalue weighted by atomic mass is 10.3. The minimum absolute atomic E-state index is 0.569. The molecule has 1 aromatic heterocycles. The summed E-state index contributed by atoms with van der Waals surface area (Å²) in [4.78, 5) is 5.26. The second-order valence-electron chi connectivity index (χ2n) is 3.28. The van der Waals surface area contributed by atoms with Gasteiger partial charge in [0, 0.05) is 11.1 Å². The molecular formula is C13H10N2OS. The monoisotopic (exact) mass is 242 g/mol. The largest absolute Gasteiger partial charge is 0.497 e. The number of pyridine rings is 1. The zero-order valence-electron chi connectivity index (χ0n) is 9.25. The van der Waals surface area contributed by atoms with Gasteiger partial charge in [0.2, 0.25) is 0 Å². The van der Waals surface area contributed by atoms with Crippen LogP contribution in [0.1, 0.15) is 5.56 Å². The maximum Gasteiger partial charge on any atom is 0.119 e. The molecule has 0 aliphatic heterocycles. The Morgan fingerprint density at radius 2 is 2.18 bits per heavy atom. The van der Waals surface area contributed by atoms with E-state index in [9.17, 15) is 0 Å². The molecule has 0 unspecified atom stereocenters. The number of methoxy groups -OCH3 is 1. The van der Waals surface area contributed by atoms with Crippen LogP contribution in [0.2, 0.25) is 0 Å². The molecule has 0 amide bonds. The van der Waals surface area contributed by atoms with E-state index in [1.165, 1.54) is 11.8 Å². The standard InChI is InChI=1S/C13H10N2OS/c1-16-11-3-2-4-12(7-11)17-13-6-5-10(8-14)9-15-13/h2-7,9H,1H3. The third-order valence-corrected chi connectivity index (χ3v) is 3.07. The van der Waals surface area contributed by atoms with E-state index < -0.39 is 0 Å². The number of ether oxygens (including phenoxy) is 1. The predicted molar refractivity (Wildman–Crippen MR) is 66.1 cm³/mol. The SMILES string of the molecule is COc1cccc(Sc2ccc(C#N)cn2)c1. The van der Waals surface area contributed by atoms with Gasteiger partial charge in [-0.3, -0.25) is 0 Å². The highest BCUT2D eigenvalue weighted by atomic mass is 32.2. The van der Waals surface area contributed by atoms with Crippen molar-refractivity contribution in [3.05, 3.63) is 48.2 Å². The topological polar surface area (TPSA) is 45.9 Å². The normalized spacial score (nSPS) is 9.65. The summed E-state index contributed by atoms with van der Waals surface area (Å²) in [7, 11) is 1.64. The maximum absolute atomic E-state index is 8.67. The van der Waals surface area contributed by atoms with Crippen LogP contribution in [0.5, 0.6) is 5.75 Å². The van der Waals surface area contributed by atoms with E-state index in [0.717, 1.165) is 15.7 Å². The number of nitriles is 1. The van der Waals surface area contributed by atoms with Crippen molar-refractivity contribution in [3.8, 4) is 11.8 Å². The van der Waals surface area contributed by atoms with Crippen molar-refractivity contribution in [3.63, 3.8) is 0 Å². The van der Waals surface area contributed by atoms with Gasteiger partial charge in [-0.15, -0.1) is 0 Å². The van der Waals surface area contributed by atoms with Crippen LogP contribution in [-0.2, 0) is 0 Å². The summed E-state index contributed by atoms with van der Waals surface area (Å²) in [6, 6.07) is 13.4. The molecule has 1 aromatic carbocycles. The van der Waals surface area contributed by atoms with Crippen LogP contribution in [0.15, 0.2) is 52.5 Å². The summed E-state index contributed by atoms with van der Waals surface area (Å²) in [5.41, 5.74) is 0.569. The molecule has 0 radical (unpaired) electrons. The molecule has 0 atom stereocenters. The minimum atomic E-state index is 0.569. The zero-order chi connectivity index (χ0) is 12.1. The van der Waals surface area contributed by atoms with E-state index in [1.54, 1.807) is 19.4 Å². The molecule has 3 nitrogen and oxygen atoms in total. The summed E-state index contributed by atoms with van der Waals surface area (Å²) < 4.78 is 5.15. The lowest BCUT2D eigenvalue weighted by Crippen LogP contribution is -1.84. The molecule has 84 valence electrons. The quantitative estimate of drug-likeness (QED) is 0.829. The Balaban J connectivity index is 2.16. The molecule has 0 fully saturated rings. The maximum atomic E-state index is 8.67. The fraction of sp³-hybridized carbons (Fsp3) is 0.0769. The van der Waals surface area contributed by atoms with Gasteiger partial charge >= 0.3 is 0 Å². The second kappa shape index (κ2) is 5.37. The minimum Gasteiger partial charge on any atom is -0.497 e. The van der Waals surface area contributed by atoms with Gasteiger partial charge in [0.05, 0.1) is 12.7 Å². The molecule has 0 N–H and O–H groups in total. The van der Waals surface area contributed by atoms with Crippen molar-refractivity contribution in [1.29, 1.82) is 5.26 Å². The predicted octanol–water partition coefficient (Wildman–Crippen LogP) is 3.11. The van der Waals surface area contributed by atoms with Crippen LogP contribution in [-0.4, -0.2) is 12.1 Å². The van der Waals surface area contributed by atoms with E-state index >= 15 is 0 Å². The van der Waals surface area contributed by atoms with Crippen LogP contribution < -0.4 is 4.74 Å². The number of hydrogen-bond donors (Lipinski definition) is 0. The molecule has 17 heavy (non-hydrogen) atoms. The van der Waals surface area contributed by atoms with Crippen molar-refractivity contribution in [1.82, 2.24) is 4.98 Å². The van der Waals surface area contributed by atoms with E-state index in [0.29, 0.717) is 5.56 Å². The number of benzene rings is 1. The number of hydrogen-bond acceptors (Lipinski definition) is 4. The van der Waals surface area contributed by atoms with Crippen molar-refractivity contribution in [2.24, 2.45) is 0 Å². The highest BCUT2D eigenvalue weighted by Gasteiger charge is 2.00. The fourth-order valence-electron chi connectivity index (χ4n) is 1.29. The number of aromatic nitrogens is 1. The molecule has 1 heterocycles. The van der Waals surface area contributed by atoms with E-state index in [2.05, 4.69) is 4.98 Å². The van der Waals surface area contributed by atoms with Gasteiger partial charge in [-0.1, -0.05) is 17.8 Å². The van der Waals surface area contributed by atoms with Crippen LogP contribution in [0.4, 0.5) is 0 Å². The first-order chi connectivity index (χ1) is 8.31. The molecular weight excluding hydrogens is 232 g/mol. The lowest BCUT2D eigenvalue weighted by Gasteiger charge is -2.03. The van der Waals surface area contributed by atoms with Crippen LogP contribution >= 0.6 is 11.8 Å². The number of rotatable bonds is 3. The molecule has 0 bridgehead atoms. The van der Waals surface area contributed by atoms with Gasteiger partial charge in [0.15, 0.2) is 0 Å². The van der Waals surface area contributed by atoms with Crippen molar-refractivity contribution >= 4 is 11.8 Å². The average Bonchev–Trinajstić information content (AvgIpc) is 2.40. The first-order valence-corrected chi connectivity index (χ1v) is 5.81. The highest BCUT2D eigenvalue weighted by molar-refractivity contribution is 7.99. The molecule has 0 saturated heterocycles. The van der Waals surface area contributed by atoms with Gasteiger partial charge in [-0.25, -0.2) is 4.98 Å². The Morgan fingerprint density at radius 1 is 1.29 bits per heavy atom. The molecule has 2 rings (SSSR count). The van der Waals surface area contributed by atoms with Crippen molar-refractivity contribution in [2.45, 2.75) is 9.92 Å². The molecule has 0 aliphatic carbocycles. The average molecular weight is 242 g/mol. The number of nitrogens with zero attached hydrogens (tertiary/aromatic N) is 2. The molecule has 0 spiro atoms. The van der Waals surface area contributed by atoms with Gasteiger partial charge < -0.3 is 4.74 Å². The summed E-state index contributed by atoms with van der Waals surface area (Å²) >= 11 is 1.54. The summed E-state index contributed by atoms with van der Waals surface area (Å²) in [5.74, 6) is 0.823. The van der Waals surface area contributed by atoms with Gasteiger partial charge in [0.1, 0.15) is 16.8 Å². The Hall–Kier alpha value is -1.99. The van der Waals surface area contributed by atoms with E-state index in [4.69, 9.17) is 10.00 Å². The lowest BCUT2D eigenvalue weighted by molar-refractivity contribution is 0.413. The molecule has 0 aliphatic rings. The smallest absolute Gasteiger partial charge is 0.119 e. The summed E-state index contributed by atoms with van der Waals surface area (Å²) in [6.45, 7) is 0. The molecule has 4 heteroatoms. The first-order valence-electron chi connectivity index (χ1n) is 5.00. The van der Waals surface area contributed by atoms with E-state index in [1.807, 2.05) is 36.4 Å². The van der Waals surface area contributed by atoms with Crippen molar-refractivity contribution in [2.75, 3.05) is 7.11 Å². The Labute approximate surface area is 104 Å². The summed E-state index contributed by atoms with van der Waals surface area (Å²) in [5, 5.41) is 9.53. The Kier molecular flexibility index (Phi) is 3.63. The third kappa shape index (κ3) is 2.99. The third-order valence-electron chi connectivity index (χ3n) is 2.13. The van der Waals surface area contributed by atoms with Crippen LogP contribution in [0.3, 0.4) is 0 Å². The fourth-order valence-corrected chi connectivity index (χ4v) is 2.10. The van der Waals surface area contributed by atoms with E-state index in [-0.39, 0.29) is 0 Å². The van der Waals surface area contributed by atoms with Crippen molar-refractivity contribution < 1.29 is 4.74 Å². The summed E-state index contributed by atoms with van der Waals surface area (Å²) in [6.07, 6.45) is 1.57. The van der Waals surface area contributed by atoms with Gasteiger partial charge in [-0.2, -0.15) is 5.26 Å².